The molecule has 0 saturated carbocycles. The second kappa shape index (κ2) is 6.83. The van der Waals surface area contributed by atoms with Crippen LogP contribution in [-0.4, -0.2) is 62.7 Å². The highest BCUT2D eigenvalue weighted by atomic mass is 15.6. The normalized spacial score (nSPS) is 19.9. The van der Waals surface area contributed by atoms with Crippen molar-refractivity contribution in [1.82, 2.24) is 30.0 Å². The maximum Gasteiger partial charge on any atom is 0.168 e. The Labute approximate surface area is 128 Å². The van der Waals surface area contributed by atoms with E-state index in [4.69, 9.17) is 0 Å². The Morgan fingerprint density at radius 3 is 2.29 bits per heavy atom. The molecule has 1 atom stereocenters. The van der Waals surface area contributed by atoms with Crippen molar-refractivity contribution in [3.05, 3.63) is 5.82 Å². The van der Waals surface area contributed by atoms with E-state index in [9.17, 15) is 0 Å². The molecule has 0 amide bonds. The van der Waals surface area contributed by atoms with E-state index in [1.54, 1.807) is 0 Å². The molecule has 0 bridgehead atoms. The van der Waals surface area contributed by atoms with Gasteiger partial charge in [-0.3, -0.25) is 4.90 Å². The van der Waals surface area contributed by atoms with Gasteiger partial charge in [0.1, 0.15) is 0 Å². The first-order valence-corrected chi connectivity index (χ1v) is 8.28. The molecule has 6 nitrogen and oxygen atoms in total. The maximum absolute atomic E-state index is 4.36. The third-order valence-corrected chi connectivity index (χ3v) is 4.91. The lowest BCUT2D eigenvalue weighted by Gasteiger charge is -2.39. The van der Waals surface area contributed by atoms with Crippen LogP contribution < -0.4 is 0 Å². The first-order valence-electron chi connectivity index (χ1n) is 8.28. The molecule has 120 valence electrons. The Hall–Kier alpha value is -1.01. The van der Waals surface area contributed by atoms with E-state index in [2.05, 4.69) is 59.9 Å². The van der Waals surface area contributed by atoms with Gasteiger partial charge in [-0.05, 0) is 43.7 Å². The number of rotatable bonds is 6. The topological polar surface area (TPSA) is 50.1 Å². The van der Waals surface area contributed by atoms with Gasteiger partial charge >= 0.3 is 0 Å². The molecule has 0 N–H and O–H groups in total. The zero-order valence-electron chi connectivity index (χ0n) is 14.2. The van der Waals surface area contributed by atoms with Crippen LogP contribution in [0.5, 0.6) is 0 Å². The van der Waals surface area contributed by atoms with Crippen LogP contribution >= 0.6 is 0 Å². The minimum Gasteiger partial charge on any atom is -0.301 e. The number of nitrogens with zero attached hydrogens (tertiary/aromatic N) is 6. The Morgan fingerprint density at radius 1 is 1.10 bits per heavy atom. The molecule has 0 aliphatic carbocycles. The first kappa shape index (κ1) is 16.4. The molecule has 1 saturated heterocycles. The highest BCUT2D eigenvalue weighted by Crippen LogP contribution is 2.28. The van der Waals surface area contributed by atoms with Gasteiger partial charge in [-0.25, -0.2) is 4.68 Å². The van der Waals surface area contributed by atoms with Crippen LogP contribution in [0.2, 0.25) is 0 Å². The first-order chi connectivity index (χ1) is 10.0. The lowest BCUT2D eigenvalue weighted by Crippen LogP contribution is -2.48. The minimum atomic E-state index is -0.0303. The van der Waals surface area contributed by atoms with Crippen LogP contribution in [0.25, 0.3) is 0 Å². The van der Waals surface area contributed by atoms with Crippen LogP contribution in [0.3, 0.4) is 0 Å². The van der Waals surface area contributed by atoms with Gasteiger partial charge in [0.15, 0.2) is 5.82 Å². The number of hydrogen-bond acceptors (Lipinski definition) is 5. The van der Waals surface area contributed by atoms with Gasteiger partial charge in [-0.15, -0.1) is 5.10 Å². The molecule has 1 aromatic rings. The van der Waals surface area contributed by atoms with Gasteiger partial charge < -0.3 is 4.90 Å². The summed E-state index contributed by atoms with van der Waals surface area (Å²) in [5.41, 5.74) is -0.0303. The van der Waals surface area contributed by atoms with Crippen molar-refractivity contribution in [1.29, 1.82) is 0 Å². The van der Waals surface area contributed by atoms with Gasteiger partial charge in [0.05, 0.1) is 11.6 Å². The van der Waals surface area contributed by atoms with E-state index in [-0.39, 0.29) is 5.54 Å². The molecule has 1 fully saturated rings. The number of aromatic nitrogens is 4. The highest BCUT2D eigenvalue weighted by molar-refractivity contribution is 4.98. The molecule has 0 spiro atoms. The smallest absolute Gasteiger partial charge is 0.168 e. The van der Waals surface area contributed by atoms with Crippen molar-refractivity contribution < 1.29 is 0 Å². The lowest BCUT2D eigenvalue weighted by atomic mass is 10.0. The summed E-state index contributed by atoms with van der Waals surface area (Å²) in [4.78, 5) is 5.04. The predicted octanol–water partition coefficient (Wildman–Crippen LogP) is 1.91. The average molecular weight is 294 g/mol. The monoisotopic (exact) mass is 294 g/mol. The zero-order valence-corrected chi connectivity index (χ0v) is 14.2. The largest absolute Gasteiger partial charge is 0.301 e. The van der Waals surface area contributed by atoms with Crippen molar-refractivity contribution in [3.63, 3.8) is 0 Å². The van der Waals surface area contributed by atoms with E-state index in [0.29, 0.717) is 6.04 Å². The second-order valence-corrected chi connectivity index (χ2v) is 6.51. The van der Waals surface area contributed by atoms with E-state index >= 15 is 0 Å². The van der Waals surface area contributed by atoms with Crippen LogP contribution in [0.4, 0.5) is 0 Å². The summed E-state index contributed by atoms with van der Waals surface area (Å²) < 4.78 is 2.04. The van der Waals surface area contributed by atoms with Crippen molar-refractivity contribution in [2.45, 2.75) is 59.0 Å². The molecule has 2 heterocycles. The molecule has 1 aliphatic heterocycles. The Balaban J connectivity index is 2.17. The van der Waals surface area contributed by atoms with Crippen molar-refractivity contribution in [3.8, 4) is 0 Å². The molecular weight excluding hydrogens is 264 g/mol. The molecule has 1 aliphatic rings. The quantitative estimate of drug-likeness (QED) is 0.802. The fraction of sp³-hybridized carbons (Fsp3) is 0.933. The van der Waals surface area contributed by atoms with Crippen molar-refractivity contribution in [2.24, 2.45) is 0 Å². The van der Waals surface area contributed by atoms with Gasteiger partial charge in [-0.2, -0.15) is 0 Å². The molecule has 21 heavy (non-hydrogen) atoms. The van der Waals surface area contributed by atoms with E-state index < -0.39 is 0 Å². The van der Waals surface area contributed by atoms with Crippen LogP contribution in [0.15, 0.2) is 0 Å². The van der Waals surface area contributed by atoms with E-state index in [0.717, 1.165) is 51.4 Å². The van der Waals surface area contributed by atoms with Gasteiger partial charge in [-0.1, -0.05) is 20.8 Å². The van der Waals surface area contributed by atoms with E-state index in [1.165, 1.54) is 0 Å². The third kappa shape index (κ3) is 3.43. The fourth-order valence-electron chi connectivity index (χ4n) is 2.98. The molecule has 6 heteroatoms. The summed E-state index contributed by atoms with van der Waals surface area (Å²) in [6, 6.07) is 0.324. The Kier molecular flexibility index (Phi) is 5.32. The van der Waals surface area contributed by atoms with Crippen LogP contribution in [0.1, 0.15) is 59.3 Å². The number of likely N-dealkylation sites (N-methyl/N-ethyl adjacent to an activating group) is 1. The van der Waals surface area contributed by atoms with Crippen molar-refractivity contribution >= 4 is 0 Å². The van der Waals surface area contributed by atoms with Gasteiger partial charge in [0.2, 0.25) is 0 Å². The summed E-state index contributed by atoms with van der Waals surface area (Å²) >= 11 is 0. The van der Waals surface area contributed by atoms with Gasteiger partial charge in [0, 0.05) is 26.2 Å². The summed E-state index contributed by atoms with van der Waals surface area (Å²) in [7, 11) is 0. The van der Waals surface area contributed by atoms with Gasteiger partial charge in [0.25, 0.3) is 0 Å². The molecule has 2 rings (SSSR count). The van der Waals surface area contributed by atoms with Crippen molar-refractivity contribution in [2.75, 3.05) is 32.7 Å². The number of tetrazole rings is 1. The predicted molar refractivity (Wildman–Crippen MR) is 84.1 cm³/mol. The molecule has 0 unspecified atom stereocenters. The SMILES string of the molecule is CC[C@H](c1nnnn1C(C)(C)CC)N1CCN(CC)CC1. The standard InChI is InChI=1S/C15H30N6/c1-6-13(20-11-9-19(8-3)10-12-20)14-16-17-18-21(14)15(4,5)7-2/h13H,6-12H2,1-5H3/t13-/m1/s1. The molecule has 0 radical (unpaired) electrons. The third-order valence-electron chi connectivity index (χ3n) is 4.91. The van der Waals surface area contributed by atoms with E-state index in [1.807, 2.05) is 4.68 Å². The Morgan fingerprint density at radius 2 is 1.76 bits per heavy atom. The lowest BCUT2D eigenvalue weighted by molar-refractivity contribution is 0.0879. The maximum atomic E-state index is 4.36. The molecule has 0 aromatic carbocycles. The fourth-order valence-corrected chi connectivity index (χ4v) is 2.98. The zero-order chi connectivity index (χ0) is 15.5. The minimum absolute atomic E-state index is 0.0303. The summed E-state index contributed by atoms with van der Waals surface area (Å²) in [6.45, 7) is 16.7. The summed E-state index contributed by atoms with van der Waals surface area (Å²) in [6.07, 6.45) is 2.07. The molecule has 1 aromatic heterocycles. The summed E-state index contributed by atoms with van der Waals surface area (Å²) in [5.74, 6) is 1.02. The van der Waals surface area contributed by atoms with Crippen LogP contribution in [-0.2, 0) is 5.54 Å². The van der Waals surface area contributed by atoms with Crippen LogP contribution in [0, 0.1) is 0 Å². The summed E-state index contributed by atoms with van der Waals surface area (Å²) in [5, 5.41) is 12.6. The average Bonchev–Trinajstić information content (AvgIpc) is 2.99. The Bertz CT molecular complexity index is 433. The molecular formula is C15H30N6. The number of piperazine rings is 1. The second-order valence-electron chi connectivity index (χ2n) is 6.51. The highest BCUT2D eigenvalue weighted by Gasteiger charge is 2.31. The number of hydrogen-bond donors (Lipinski definition) is 0.